The van der Waals surface area contributed by atoms with E-state index in [0.717, 1.165) is 11.1 Å². The summed E-state index contributed by atoms with van der Waals surface area (Å²) in [6.07, 6.45) is 0.0762. The standard InChI is InChI=1S/C32H30ClFN4O3/c1-3-37(4-2)30(40)19-26-31(22-10-13-24(14-11-22)41-17-16-34)36-38-28(25-18-23(33)12-15-29(25)39)20-27(35-32(26)38)21-8-6-5-7-9-21/h5-15,18,20,39H,3-4,16-17,19H2,1-2H3. The molecule has 2 heterocycles. The van der Waals surface area contributed by atoms with Crippen molar-refractivity contribution in [3.8, 4) is 45.3 Å². The highest BCUT2D eigenvalue weighted by Gasteiger charge is 2.24. The van der Waals surface area contributed by atoms with Crippen molar-refractivity contribution in [3.63, 3.8) is 0 Å². The van der Waals surface area contributed by atoms with Gasteiger partial charge in [0.05, 0.1) is 23.5 Å². The van der Waals surface area contributed by atoms with Crippen LogP contribution in [-0.4, -0.2) is 56.9 Å². The van der Waals surface area contributed by atoms with Gasteiger partial charge in [-0.2, -0.15) is 5.10 Å². The van der Waals surface area contributed by atoms with E-state index in [1.165, 1.54) is 6.07 Å². The van der Waals surface area contributed by atoms with Gasteiger partial charge in [-0.05, 0) is 62.4 Å². The van der Waals surface area contributed by atoms with E-state index < -0.39 is 6.67 Å². The third-order valence-electron chi connectivity index (χ3n) is 6.91. The summed E-state index contributed by atoms with van der Waals surface area (Å²) in [5, 5.41) is 16.3. The Balaban J connectivity index is 1.78. The molecule has 0 saturated heterocycles. The van der Waals surface area contributed by atoms with E-state index in [-0.39, 0.29) is 24.7 Å². The van der Waals surface area contributed by atoms with E-state index in [0.29, 0.717) is 57.7 Å². The van der Waals surface area contributed by atoms with E-state index in [2.05, 4.69) is 0 Å². The summed E-state index contributed by atoms with van der Waals surface area (Å²) < 4.78 is 19.7. The van der Waals surface area contributed by atoms with Gasteiger partial charge in [-0.15, -0.1) is 0 Å². The van der Waals surface area contributed by atoms with Gasteiger partial charge in [-0.3, -0.25) is 4.79 Å². The third kappa shape index (κ3) is 5.88. The minimum absolute atomic E-state index is 0.0317. The van der Waals surface area contributed by atoms with Crippen molar-refractivity contribution >= 4 is 23.2 Å². The van der Waals surface area contributed by atoms with Crippen LogP contribution in [0.4, 0.5) is 4.39 Å². The molecule has 5 rings (SSSR count). The predicted octanol–water partition coefficient (Wildman–Crippen LogP) is 6.85. The van der Waals surface area contributed by atoms with Crippen molar-refractivity contribution in [2.24, 2.45) is 0 Å². The van der Waals surface area contributed by atoms with Crippen LogP contribution in [0, 0.1) is 0 Å². The smallest absolute Gasteiger partial charge is 0.227 e. The minimum Gasteiger partial charge on any atom is -0.507 e. The maximum Gasteiger partial charge on any atom is 0.227 e. The Hall–Kier alpha value is -4.43. The van der Waals surface area contributed by atoms with Gasteiger partial charge in [-0.1, -0.05) is 41.9 Å². The number of hydrogen-bond acceptors (Lipinski definition) is 5. The van der Waals surface area contributed by atoms with E-state index in [9.17, 15) is 14.3 Å². The molecular weight excluding hydrogens is 543 g/mol. The van der Waals surface area contributed by atoms with Crippen LogP contribution >= 0.6 is 11.6 Å². The van der Waals surface area contributed by atoms with Crippen molar-refractivity contribution in [2.75, 3.05) is 26.4 Å². The van der Waals surface area contributed by atoms with Gasteiger partial charge in [0.25, 0.3) is 0 Å². The van der Waals surface area contributed by atoms with Crippen LogP contribution in [0.3, 0.4) is 0 Å². The second-order valence-electron chi connectivity index (χ2n) is 9.42. The first kappa shape index (κ1) is 28.1. The number of ether oxygens (including phenoxy) is 1. The number of likely N-dealkylation sites (N-methyl/N-ethyl adjacent to an activating group) is 1. The maximum absolute atomic E-state index is 13.4. The number of nitrogens with zero attached hydrogens (tertiary/aromatic N) is 4. The average molecular weight is 573 g/mol. The molecule has 210 valence electrons. The zero-order valence-electron chi connectivity index (χ0n) is 22.8. The summed E-state index contributed by atoms with van der Waals surface area (Å²) in [5.41, 5.74) is 5.04. The monoisotopic (exact) mass is 572 g/mol. The molecule has 3 aromatic carbocycles. The van der Waals surface area contributed by atoms with E-state index in [1.807, 2.05) is 62.4 Å². The molecule has 0 saturated carbocycles. The first-order chi connectivity index (χ1) is 19.9. The first-order valence-corrected chi connectivity index (χ1v) is 13.8. The van der Waals surface area contributed by atoms with Crippen LogP contribution in [0.2, 0.25) is 5.02 Å². The summed E-state index contributed by atoms with van der Waals surface area (Å²) in [6, 6.07) is 23.5. The van der Waals surface area contributed by atoms with Crippen molar-refractivity contribution in [3.05, 3.63) is 89.4 Å². The number of benzene rings is 3. The number of phenolic OH excluding ortho intramolecular Hbond substituents is 1. The fourth-order valence-electron chi connectivity index (χ4n) is 4.82. The Morgan fingerprint density at radius 3 is 2.41 bits per heavy atom. The van der Waals surface area contributed by atoms with Gasteiger partial charge in [-0.25, -0.2) is 13.9 Å². The summed E-state index contributed by atoms with van der Waals surface area (Å²) >= 11 is 6.35. The fraction of sp³-hybridized carbons (Fsp3) is 0.219. The normalized spacial score (nSPS) is 11.1. The molecule has 0 aliphatic rings. The number of aromatic hydroxyl groups is 1. The molecule has 1 amide bonds. The summed E-state index contributed by atoms with van der Waals surface area (Å²) in [5.74, 6) is 0.520. The summed E-state index contributed by atoms with van der Waals surface area (Å²) in [7, 11) is 0. The second kappa shape index (κ2) is 12.4. The number of carbonyl (C=O) groups is 1. The lowest BCUT2D eigenvalue weighted by Gasteiger charge is -2.18. The molecule has 0 unspecified atom stereocenters. The molecule has 9 heteroatoms. The minimum atomic E-state index is -0.583. The molecule has 1 N–H and O–H groups in total. The molecule has 5 aromatic rings. The zero-order chi connectivity index (χ0) is 28.9. The number of halogens is 2. The lowest BCUT2D eigenvalue weighted by molar-refractivity contribution is -0.130. The van der Waals surface area contributed by atoms with Crippen LogP contribution in [0.5, 0.6) is 11.5 Å². The zero-order valence-corrected chi connectivity index (χ0v) is 23.6. The second-order valence-corrected chi connectivity index (χ2v) is 9.86. The lowest BCUT2D eigenvalue weighted by atomic mass is 10.0. The van der Waals surface area contributed by atoms with Crippen LogP contribution in [0.1, 0.15) is 19.4 Å². The van der Waals surface area contributed by atoms with Crippen LogP contribution in [0.15, 0.2) is 78.9 Å². The topological polar surface area (TPSA) is 80.0 Å². The number of alkyl halides is 1. The molecule has 0 aliphatic carbocycles. The molecule has 0 spiro atoms. The van der Waals surface area contributed by atoms with E-state index in [4.69, 9.17) is 26.4 Å². The van der Waals surface area contributed by atoms with Gasteiger partial charge in [0.2, 0.25) is 5.91 Å². The molecule has 0 radical (unpaired) electrons. The number of phenols is 1. The summed E-state index contributed by atoms with van der Waals surface area (Å²) in [6.45, 7) is 4.43. The van der Waals surface area contributed by atoms with Gasteiger partial charge < -0.3 is 14.7 Å². The Bertz CT molecular complexity index is 1670. The molecule has 0 fully saturated rings. The number of aromatic nitrogens is 3. The van der Waals surface area contributed by atoms with Crippen molar-refractivity contribution in [1.29, 1.82) is 0 Å². The number of hydrogen-bond donors (Lipinski definition) is 1. The Labute approximate surface area is 242 Å². The highest BCUT2D eigenvalue weighted by molar-refractivity contribution is 6.31. The average Bonchev–Trinajstić information content (AvgIpc) is 3.36. The Morgan fingerprint density at radius 1 is 1.00 bits per heavy atom. The van der Waals surface area contributed by atoms with E-state index in [1.54, 1.807) is 33.7 Å². The molecule has 0 aliphatic heterocycles. The van der Waals surface area contributed by atoms with Gasteiger partial charge in [0.1, 0.15) is 24.8 Å². The quantitative estimate of drug-likeness (QED) is 0.198. The third-order valence-corrected chi connectivity index (χ3v) is 7.14. The van der Waals surface area contributed by atoms with Gasteiger partial charge in [0.15, 0.2) is 5.65 Å². The van der Waals surface area contributed by atoms with Crippen LogP contribution in [0.25, 0.3) is 39.4 Å². The largest absolute Gasteiger partial charge is 0.507 e. The molecular formula is C32H30ClFN4O3. The van der Waals surface area contributed by atoms with E-state index >= 15 is 0 Å². The number of rotatable bonds is 10. The fourth-order valence-corrected chi connectivity index (χ4v) is 4.99. The highest BCUT2D eigenvalue weighted by Crippen LogP contribution is 2.37. The predicted molar refractivity (Wildman–Crippen MR) is 159 cm³/mol. The molecule has 0 bridgehead atoms. The molecule has 0 atom stereocenters. The maximum atomic E-state index is 13.4. The highest BCUT2D eigenvalue weighted by atomic mass is 35.5. The summed E-state index contributed by atoms with van der Waals surface area (Å²) in [4.78, 5) is 20.2. The van der Waals surface area contributed by atoms with Crippen LogP contribution < -0.4 is 4.74 Å². The van der Waals surface area contributed by atoms with Crippen molar-refractivity contribution < 1.29 is 19.0 Å². The SMILES string of the molecule is CCN(CC)C(=O)Cc1c(-c2ccc(OCCF)cc2)nn2c(-c3cc(Cl)ccc3O)cc(-c3ccccc3)nc12. The molecule has 41 heavy (non-hydrogen) atoms. The van der Waals surface area contributed by atoms with Gasteiger partial charge >= 0.3 is 0 Å². The number of carbonyl (C=O) groups excluding carboxylic acids is 1. The number of fused-ring (bicyclic) bond motifs is 1. The Morgan fingerprint density at radius 2 is 1.73 bits per heavy atom. The van der Waals surface area contributed by atoms with Gasteiger partial charge in [0, 0.05) is 40.4 Å². The lowest BCUT2D eigenvalue weighted by Crippen LogP contribution is -2.31. The number of amides is 1. The van der Waals surface area contributed by atoms with Crippen LogP contribution in [-0.2, 0) is 11.2 Å². The molecule has 2 aromatic heterocycles. The van der Waals surface area contributed by atoms with Crippen molar-refractivity contribution in [1.82, 2.24) is 19.5 Å². The molecule has 7 nitrogen and oxygen atoms in total. The Kier molecular flexibility index (Phi) is 8.50. The van der Waals surface area contributed by atoms with Crippen molar-refractivity contribution in [2.45, 2.75) is 20.3 Å². The first-order valence-electron chi connectivity index (χ1n) is 13.5.